The molecule has 13 heteroatoms. The van der Waals surface area contributed by atoms with Crippen molar-refractivity contribution in [2.24, 2.45) is 7.05 Å². The van der Waals surface area contributed by atoms with Gasteiger partial charge in [-0.05, 0) is 73.7 Å². The van der Waals surface area contributed by atoms with Gasteiger partial charge in [-0.3, -0.25) is 29.5 Å². The maximum atomic E-state index is 12.9. The number of carbonyl (C=O) groups is 3. The first kappa shape index (κ1) is 34.3. The van der Waals surface area contributed by atoms with Gasteiger partial charge in [-0.15, -0.1) is 0 Å². The van der Waals surface area contributed by atoms with Crippen LogP contribution in [0.25, 0.3) is 33.3 Å². The smallest absolute Gasteiger partial charge is 0.270 e. The first-order valence-corrected chi connectivity index (χ1v) is 17.6. The Morgan fingerprint density at radius 2 is 1.83 bits per heavy atom. The number of hydrogen-bond acceptors (Lipinski definition) is 10. The molecule has 1 atom stereocenters. The standard InChI is InChI=1S/C41H36N8O5/c1-23-17-32-30(19-24(2)41(53)48(32)4)33(18-23)49-16-15-47(3)38-34(49)22-44-37(46-38)25-10-12-31(43-21-25)40(52)42-14-6-7-26-20-29-27(8-5-9-35(29)54-26)28-11-13-36(50)45-39(28)51/h5,8-10,12,17-22,28H,11,13-16H2,1-4H3,(H,42,52)(H,45,50,51). The minimum atomic E-state index is -0.442. The summed E-state index contributed by atoms with van der Waals surface area (Å²) in [5, 5.41) is 6.92. The third-order valence-corrected chi connectivity index (χ3v) is 10.0. The molecular weight excluding hydrogens is 685 g/mol. The number of nitrogens with zero attached hydrogens (tertiary/aromatic N) is 6. The van der Waals surface area contributed by atoms with E-state index in [0.29, 0.717) is 41.3 Å². The molecule has 2 aliphatic rings. The van der Waals surface area contributed by atoms with Gasteiger partial charge in [0.2, 0.25) is 11.8 Å². The number of carbonyl (C=O) groups excluding carboxylic acids is 3. The number of fused-ring (bicyclic) bond motifs is 3. The summed E-state index contributed by atoms with van der Waals surface area (Å²) < 4.78 is 7.58. The van der Waals surface area contributed by atoms with Crippen molar-refractivity contribution in [1.29, 1.82) is 0 Å². The fraction of sp³-hybridized carbons (Fsp3) is 0.244. The molecule has 0 aliphatic carbocycles. The van der Waals surface area contributed by atoms with Gasteiger partial charge < -0.3 is 24.1 Å². The van der Waals surface area contributed by atoms with Crippen LogP contribution in [0.4, 0.5) is 17.2 Å². The van der Waals surface area contributed by atoms with Gasteiger partial charge >= 0.3 is 0 Å². The van der Waals surface area contributed by atoms with Crippen molar-refractivity contribution in [3.63, 3.8) is 0 Å². The Hall–Kier alpha value is -6.81. The highest BCUT2D eigenvalue weighted by atomic mass is 16.3. The Balaban J connectivity index is 0.965. The van der Waals surface area contributed by atoms with E-state index in [-0.39, 0.29) is 41.9 Å². The molecule has 13 nitrogen and oxygen atoms in total. The van der Waals surface area contributed by atoms with Crippen molar-refractivity contribution in [3.8, 4) is 23.2 Å². The molecule has 54 heavy (non-hydrogen) atoms. The molecule has 1 fully saturated rings. The number of rotatable bonds is 5. The van der Waals surface area contributed by atoms with E-state index in [1.54, 1.807) is 42.1 Å². The summed E-state index contributed by atoms with van der Waals surface area (Å²) in [6.45, 7) is 5.36. The van der Waals surface area contributed by atoms with Gasteiger partial charge in [0.15, 0.2) is 17.4 Å². The van der Waals surface area contributed by atoms with Crippen LogP contribution in [0.2, 0.25) is 0 Å². The number of likely N-dealkylation sites (N-methyl/N-ethyl adjacent to an activating group) is 1. The maximum Gasteiger partial charge on any atom is 0.270 e. The molecule has 6 heterocycles. The van der Waals surface area contributed by atoms with E-state index >= 15 is 0 Å². The minimum absolute atomic E-state index is 0.0137. The van der Waals surface area contributed by atoms with E-state index in [0.717, 1.165) is 51.2 Å². The first-order valence-electron chi connectivity index (χ1n) is 17.6. The van der Waals surface area contributed by atoms with Gasteiger partial charge in [0, 0.05) is 67.8 Å². The largest absolute Gasteiger partial charge is 0.448 e. The van der Waals surface area contributed by atoms with Crippen LogP contribution >= 0.6 is 0 Å². The fourth-order valence-corrected chi connectivity index (χ4v) is 7.21. The van der Waals surface area contributed by atoms with E-state index in [2.05, 4.69) is 43.3 Å². The number of nitrogens with one attached hydrogen (secondary N) is 2. The number of amides is 3. The highest BCUT2D eigenvalue weighted by Gasteiger charge is 2.30. The van der Waals surface area contributed by atoms with Crippen LogP contribution < -0.4 is 26.0 Å². The zero-order valence-electron chi connectivity index (χ0n) is 30.2. The second-order valence-corrected chi connectivity index (χ2v) is 13.7. The number of aromatic nitrogens is 4. The molecular formula is C41H36N8O5. The fourth-order valence-electron chi connectivity index (χ4n) is 7.21. The summed E-state index contributed by atoms with van der Waals surface area (Å²) >= 11 is 0. The Kier molecular flexibility index (Phi) is 8.65. The second kappa shape index (κ2) is 13.6. The van der Waals surface area contributed by atoms with Crippen LogP contribution in [0, 0.1) is 25.7 Å². The predicted octanol–water partition coefficient (Wildman–Crippen LogP) is 4.64. The number of aryl methyl sites for hydroxylation is 3. The Bertz CT molecular complexity index is 2650. The molecule has 1 unspecified atom stereocenters. The zero-order valence-corrected chi connectivity index (χ0v) is 30.2. The molecule has 1 saturated heterocycles. The summed E-state index contributed by atoms with van der Waals surface area (Å²) in [4.78, 5) is 68.0. The number of hydrogen-bond donors (Lipinski definition) is 2. The average molecular weight is 721 g/mol. The van der Waals surface area contributed by atoms with E-state index in [1.165, 1.54) is 0 Å². The van der Waals surface area contributed by atoms with Gasteiger partial charge in [0.25, 0.3) is 11.5 Å². The van der Waals surface area contributed by atoms with Crippen LogP contribution in [0.3, 0.4) is 0 Å². The van der Waals surface area contributed by atoms with E-state index < -0.39 is 5.92 Å². The van der Waals surface area contributed by atoms with Crippen LogP contribution in [-0.4, -0.2) is 63.9 Å². The van der Waals surface area contributed by atoms with E-state index in [9.17, 15) is 19.2 Å². The Morgan fingerprint density at radius 1 is 0.981 bits per heavy atom. The number of pyridine rings is 2. The number of anilines is 3. The van der Waals surface area contributed by atoms with Crippen molar-refractivity contribution >= 4 is 56.8 Å². The lowest BCUT2D eigenvalue weighted by atomic mass is 9.88. The average Bonchev–Trinajstić information content (AvgIpc) is 3.59. The first-order chi connectivity index (χ1) is 26.0. The predicted molar refractivity (Wildman–Crippen MR) is 205 cm³/mol. The number of piperidine rings is 1. The van der Waals surface area contributed by atoms with Crippen molar-refractivity contribution in [3.05, 3.63) is 105 Å². The lowest BCUT2D eigenvalue weighted by molar-refractivity contribution is -0.134. The van der Waals surface area contributed by atoms with Crippen LogP contribution in [-0.2, 0) is 16.6 Å². The van der Waals surface area contributed by atoms with Crippen molar-refractivity contribution in [1.82, 2.24) is 30.2 Å². The van der Waals surface area contributed by atoms with Gasteiger partial charge in [-0.25, -0.2) is 9.97 Å². The zero-order chi connectivity index (χ0) is 37.7. The third-order valence-electron chi connectivity index (χ3n) is 10.0. The van der Waals surface area contributed by atoms with Crippen molar-refractivity contribution in [2.75, 3.05) is 36.5 Å². The lowest BCUT2D eigenvalue weighted by Gasteiger charge is -2.36. The van der Waals surface area contributed by atoms with Crippen LogP contribution in [0.5, 0.6) is 0 Å². The lowest BCUT2D eigenvalue weighted by Crippen LogP contribution is -2.39. The molecule has 0 bridgehead atoms. The quantitative estimate of drug-likeness (QED) is 0.190. The summed E-state index contributed by atoms with van der Waals surface area (Å²) in [5.41, 5.74) is 6.68. The second-order valence-electron chi connectivity index (χ2n) is 13.7. The molecule has 6 aromatic rings. The molecule has 3 amide bonds. The highest BCUT2D eigenvalue weighted by molar-refractivity contribution is 6.03. The number of furan rings is 1. The normalized spacial score (nSPS) is 15.5. The molecule has 0 radical (unpaired) electrons. The summed E-state index contributed by atoms with van der Waals surface area (Å²) in [6, 6.07) is 16.8. The Labute approximate surface area is 310 Å². The maximum absolute atomic E-state index is 12.9. The van der Waals surface area contributed by atoms with Crippen LogP contribution in [0.15, 0.2) is 76.2 Å². The summed E-state index contributed by atoms with van der Waals surface area (Å²) in [6.07, 6.45) is 4.11. The van der Waals surface area contributed by atoms with Crippen molar-refractivity contribution in [2.45, 2.75) is 32.6 Å². The van der Waals surface area contributed by atoms with Gasteiger partial charge in [-0.2, -0.15) is 0 Å². The molecule has 2 aromatic carbocycles. The van der Waals surface area contributed by atoms with Gasteiger partial charge in [-0.1, -0.05) is 18.1 Å². The van der Waals surface area contributed by atoms with Gasteiger partial charge in [0.05, 0.1) is 29.9 Å². The van der Waals surface area contributed by atoms with Crippen molar-refractivity contribution < 1.29 is 18.8 Å². The van der Waals surface area contributed by atoms with Gasteiger partial charge in [0.1, 0.15) is 17.0 Å². The summed E-state index contributed by atoms with van der Waals surface area (Å²) in [5.74, 6) is 6.08. The Morgan fingerprint density at radius 3 is 2.63 bits per heavy atom. The number of benzene rings is 2. The molecule has 8 rings (SSSR count). The third kappa shape index (κ3) is 6.21. The molecule has 2 aliphatic heterocycles. The highest BCUT2D eigenvalue weighted by Crippen LogP contribution is 2.40. The SMILES string of the molecule is Cc1cc(N2CCN(C)c3nc(-c4ccc(C(=O)NCC#Cc5cc6c(C7CCC(=O)NC7=O)cccc6o5)nc4)ncc32)c2cc(C)c(=O)n(C)c2c1. The number of imide groups is 1. The van der Waals surface area contributed by atoms with E-state index in [1.807, 2.05) is 51.4 Å². The molecule has 4 aromatic heterocycles. The molecule has 270 valence electrons. The molecule has 2 N–H and O–H groups in total. The van der Waals surface area contributed by atoms with E-state index in [4.69, 9.17) is 14.4 Å². The molecule has 0 saturated carbocycles. The topological polar surface area (TPSA) is 156 Å². The monoisotopic (exact) mass is 720 g/mol. The molecule has 0 spiro atoms. The summed E-state index contributed by atoms with van der Waals surface area (Å²) in [7, 11) is 3.80. The minimum Gasteiger partial charge on any atom is -0.448 e. The van der Waals surface area contributed by atoms with Crippen LogP contribution in [0.1, 0.15) is 51.7 Å².